The number of nitrogens with zero attached hydrogens (tertiary/aromatic N) is 2. The zero-order chi connectivity index (χ0) is 23.2. The van der Waals surface area contributed by atoms with E-state index in [2.05, 4.69) is 22.0 Å². The van der Waals surface area contributed by atoms with Crippen LogP contribution < -0.4 is 0 Å². The van der Waals surface area contributed by atoms with Gasteiger partial charge in [0.2, 0.25) is 0 Å². The number of alkyl halides is 4. The van der Waals surface area contributed by atoms with E-state index in [4.69, 9.17) is 0 Å². The molecule has 2 aliphatic heterocycles. The molecule has 3 aromatic rings. The summed E-state index contributed by atoms with van der Waals surface area (Å²) in [7, 11) is 0. The number of aromatic nitrogens is 1. The second-order valence-electron chi connectivity index (χ2n) is 9.48. The first kappa shape index (κ1) is 22.9. The van der Waals surface area contributed by atoms with Crippen molar-refractivity contribution in [3.63, 3.8) is 0 Å². The molecule has 0 bridgehead atoms. The van der Waals surface area contributed by atoms with Gasteiger partial charge in [0.15, 0.2) is 0 Å². The molecule has 1 fully saturated rings. The number of para-hydroxylation sites is 1. The van der Waals surface area contributed by atoms with Gasteiger partial charge in [-0.1, -0.05) is 18.2 Å². The minimum Gasteiger partial charge on any atom is -0.357 e. The van der Waals surface area contributed by atoms with Gasteiger partial charge in [0.25, 0.3) is 0 Å². The molecule has 1 saturated heterocycles. The Kier molecular flexibility index (Phi) is 6.27. The molecule has 2 aliphatic rings. The molecule has 0 amide bonds. The molecule has 4 heterocycles. The molecule has 1 aromatic carbocycles. The highest BCUT2D eigenvalue weighted by Gasteiger charge is 2.42. The molecule has 8 heteroatoms. The number of H-pyrrole nitrogens is 1. The maximum atomic E-state index is 13.6. The van der Waals surface area contributed by atoms with Gasteiger partial charge >= 0.3 is 6.18 Å². The Morgan fingerprint density at radius 1 is 1.12 bits per heavy atom. The molecule has 0 saturated carbocycles. The van der Waals surface area contributed by atoms with Gasteiger partial charge in [0, 0.05) is 52.0 Å². The molecule has 0 unspecified atom stereocenters. The molecular formula is C25H29F4N3S. The first-order valence-electron chi connectivity index (χ1n) is 11.6. The average Bonchev–Trinajstić information content (AvgIpc) is 3.34. The van der Waals surface area contributed by atoms with Crippen molar-refractivity contribution in [3.05, 3.63) is 57.4 Å². The fraction of sp³-hybridized carbons (Fsp3) is 0.520. The van der Waals surface area contributed by atoms with E-state index in [9.17, 15) is 17.6 Å². The van der Waals surface area contributed by atoms with Crippen molar-refractivity contribution in [2.45, 2.75) is 44.4 Å². The van der Waals surface area contributed by atoms with Gasteiger partial charge in [-0.15, -0.1) is 11.3 Å². The van der Waals surface area contributed by atoms with Gasteiger partial charge in [-0.05, 0) is 55.9 Å². The number of hydrogen-bond acceptors (Lipinski definition) is 3. The van der Waals surface area contributed by atoms with Gasteiger partial charge in [0.05, 0.1) is 19.3 Å². The lowest BCUT2D eigenvalue weighted by Gasteiger charge is -2.40. The summed E-state index contributed by atoms with van der Waals surface area (Å²) in [6.45, 7) is 3.45. The second-order valence-corrected chi connectivity index (χ2v) is 10.7. The highest BCUT2D eigenvalue weighted by molar-refractivity contribution is 7.12. The largest absolute Gasteiger partial charge is 0.401 e. The maximum absolute atomic E-state index is 13.6. The number of rotatable bonds is 7. The normalized spacial score (nSPS) is 22.6. The molecule has 0 aliphatic carbocycles. The predicted molar refractivity (Wildman–Crippen MR) is 125 cm³/mol. The lowest BCUT2D eigenvalue weighted by Crippen LogP contribution is -2.47. The topological polar surface area (TPSA) is 22.3 Å². The molecule has 5 rings (SSSR count). The Morgan fingerprint density at radius 2 is 1.91 bits per heavy atom. The number of nitrogens with one attached hydrogen (secondary N) is 1. The zero-order valence-electron chi connectivity index (χ0n) is 18.7. The third-order valence-corrected chi connectivity index (χ3v) is 8.12. The van der Waals surface area contributed by atoms with E-state index in [1.807, 2.05) is 31.2 Å². The molecule has 33 heavy (non-hydrogen) atoms. The van der Waals surface area contributed by atoms with E-state index in [1.54, 1.807) is 16.2 Å². The molecule has 0 radical (unpaired) electrons. The molecular weight excluding hydrogens is 450 g/mol. The SMILES string of the molecule is C[C@@H]1Cc2c([nH]c3ccccc23)[C@@H](c2ccc(CC3CN(CCCF)C3)s2)N1CC(F)(F)F. The van der Waals surface area contributed by atoms with Crippen molar-refractivity contribution in [2.75, 3.05) is 32.9 Å². The third kappa shape index (κ3) is 4.70. The van der Waals surface area contributed by atoms with Crippen LogP contribution in [0.15, 0.2) is 36.4 Å². The van der Waals surface area contributed by atoms with Crippen LogP contribution >= 0.6 is 11.3 Å². The first-order chi connectivity index (χ1) is 15.8. The predicted octanol–water partition coefficient (Wildman–Crippen LogP) is 5.96. The van der Waals surface area contributed by atoms with Crippen LogP contribution in [0.1, 0.15) is 40.4 Å². The minimum atomic E-state index is -4.26. The van der Waals surface area contributed by atoms with Crippen molar-refractivity contribution in [3.8, 4) is 0 Å². The zero-order valence-corrected chi connectivity index (χ0v) is 19.5. The monoisotopic (exact) mass is 479 g/mol. The highest BCUT2D eigenvalue weighted by Crippen LogP contribution is 2.44. The Bertz CT molecular complexity index is 1100. The lowest BCUT2D eigenvalue weighted by atomic mass is 9.91. The van der Waals surface area contributed by atoms with Crippen LogP contribution in [0.3, 0.4) is 0 Å². The highest BCUT2D eigenvalue weighted by atomic mass is 32.1. The van der Waals surface area contributed by atoms with E-state index in [-0.39, 0.29) is 12.7 Å². The van der Waals surface area contributed by atoms with Crippen LogP contribution in [0.25, 0.3) is 10.9 Å². The van der Waals surface area contributed by atoms with Gasteiger partial charge < -0.3 is 9.88 Å². The van der Waals surface area contributed by atoms with Crippen molar-refractivity contribution in [2.24, 2.45) is 5.92 Å². The summed E-state index contributed by atoms with van der Waals surface area (Å²) in [5, 5.41) is 1.11. The fourth-order valence-corrected chi connectivity index (χ4v) is 6.73. The van der Waals surface area contributed by atoms with E-state index in [0.717, 1.165) is 53.1 Å². The van der Waals surface area contributed by atoms with Crippen LogP contribution in [-0.4, -0.2) is 59.9 Å². The number of benzene rings is 1. The molecule has 178 valence electrons. The molecule has 2 aromatic heterocycles. The summed E-state index contributed by atoms with van der Waals surface area (Å²) in [6, 6.07) is 11.4. The second kappa shape index (κ2) is 9.04. The van der Waals surface area contributed by atoms with Crippen LogP contribution in [0.4, 0.5) is 17.6 Å². The van der Waals surface area contributed by atoms with E-state index in [0.29, 0.717) is 18.8 Å². The lowest BCUT2D eigenvalue weighted by molar-refractivity contribution is -0.155. The van der Waals surface area contributed by atoms with Crippen LogP contribution in [0.5, 0.6) is 0 Å². The van der Waals surface area contributed by atoms with E-state index >= 15 is 0 Å². The summed E-state index contributed by atoms with van der Waals surface area (Å²) in [5.74, 6) is 0.538. The summed E-state index contributed by atoms with van der Waals surface area (Å²) in [6.07, 6.45) is -2.15. The molecule has 2 atom stereocenters. The van der Waals surface area contributed by atoms with Gasteiger partial charge in [-0.3, -0.25) is 9.29 Å². The maximum Gasteiger partial charge on any atom is 0.401 e. The van der Waals surface area contributed by atoms with Crippen LogP contribution in [-0.2, 0) is 12.8 Å². The van der Waals surface area contributed by atoms with Crippen molar-refractivity contribution < 1.29 is 17.6 Å². The van der Waals surface area contributed by atoms with E-state index < -0.39 is 18.8 Å². The van der Waals surface area contributed by atoms with Gasteiger partial charge in [-0.25, -0.2) is 0 Å². The Balaban J connectivity index is 1.42. The Hall–Kier alpha value is -1.90. The summed E-state index contributed by atoms with van der Waals surface area (Å²) < 4.78 is 53.1. The number of halogens is 4. The molecule has 3 nitrogen and oxygen atoms in total. The number of aromatic amines is 1. The standard InChI is InChI=1S/C25H29F4N3S/c1-16-11-20-19-5-2-3-6-21(19)30-23(20)24(32(16)15-25(27,28)29)22-8-7-18(33-22)12-17-13-31(14-17)10-4-9-26/h2-3,5-8,16-17,24,30H,4,9-15H2,1H3/t16-,24-/m1/s1. The third-order valence-electron chi connectivity index (χ3n) is 6.96. The van der Waals surface area contributed by atoms with Crippen LogP contribution in [0, 0.1) is 5.92 Å². The number of fused-ring (bicyclic) bond motifs is 3. The summed E-state index contributed by atoms with van der Waals surface area (Å²) in [5.41, 5.74) is 3.01. The van der Waals surface area contributed by atoms with Gasteiger partial charge in [-0.2, -0.15) is 13.2 Å². The summed E-state index contributed by atoms with van der Waals surface area (Å²) in [4.78, 5) is 9.50. The fourth-order valence-electron chi connectivity index (χ4n) is 5.47. The number of hydrogen-bond donors (Lipinski definition) is 1. The average molecular weight is 480 g/mol. The number of thiophene rings is 1. The Labute approximate surface area is 195 Å². The van der Waals surface area contributed by atoms with Crippen molar-refractivity contribution >= 4 is 22.2 Å². The summed E-state index contributed by atoms with van der Waals surface area (Å²) >= 11 is 1.63. The molecule has 0 spiro atoms. The smallest absolute Gasteiger partial charge is 0.357 e. The Morgan fingerprint density at radius 3 is 2.67 bits per heavy atom. The van der Waals surface area contributed by atoms with Crippen molar-refractivity contribution in [1.82, 2.24) is 14.8 Å². The van der Waals surface area contributed by atoms with Crippen LogP contribution in [0.2, 0.25) is 0 Å². The minimum absolute atomic E-state index is 0.218. The molecule has 1 N–H and O–H groups in total. The van der Waals surface area contributed by atoms with E-state index in [1.165, 1.54) is 4.88 Å². The quantitative estimate of drug-likeness (QED) is 0.423. The van der Waals surface area contributed by atoms with Gasteiger partial charge in [0.1, 0.15) is 0 Å². The number of likely N-dealkylation sites (tertiary alicyclic amines) is 1. The van der Waals surface area contributed by atoms with Crippen molar-refractivity contribution in [1.29, 1.82) is 0 Å². The first-order valence-corrected chi connectivity index (χ1v) is 12.4.